The molecule has 152 valence electrons. The van der Waals surface area contributed by atoms with Crippen molar-refractivity contribution >= 4 is 45.5 Å². The zero-order valence-corrected chi connectivity index (χ0v) is 17.1. The molecule has 0 atom stereocenters. The molecule has 0 radical (unpaired) electrons. The highest BCUT2D eigenvalue weighted by atomic mass is 32.2. The first-order chi connectivity index (χ1) is 13.7. The zero-order valence-electron chi connectivity index (χ0n) is 15.5. The molecule has 0 aliphatic carbocycles. The topological polar surface area (TPSA) is 66.9 Å². The SMILES string of the molecule is Cc1cccc(Nc2nnc(SCC(=O)Nc3ccccc3C(F)(F)F)s2)c1C. The van der Waals surface area contributed by atoms with Crippen molar-refractivity contribution in [2.75, 3.05) is 16.4 Å². The van der Waals surface area contributed by atoms with Crippen molar-refractivity contribution in [1.29, 1.82) is 0 Å². The second-order valence-electron chi connectivity index (χ2n) is 6.13. The minimum Gasteiger partial charge on any atom is -0.330 e. The first kappa shape index (κ1) is 21.1. The molecule has 2 N–H and O–H groups in total. The van der Waals surface area contributed by atoms with Gasteiger partial charge in [-0.15, -0.1) is 10.2 Å². The number of hydrogen-bond donors (Lipinski definition) is 2. The van der Waals surface area contributed by atoms with Crippen molar-refractivity contribution < 1.29 is 18.0 Å². The highest BCUT2D eigenvalue weighted by molar-refractivity contribution is 8.01. The van der Waals surface area contributed by atoms with Gasteiger partial charge in [-0.25, -0.2) is 0 Å². The van der Waals surface area contributed by atoms with Crippen LogP contribution in [0.5, 0.6) is 0 Å². The van der Waals surface area contributed by atoms with Gasteiger partial charge in [0.2, 0.25) is 11.0 Å². The van der Waals surface area contributed by atoms with E-state index in [1.54, 1.807) is 0 Å². The van der Waals surface area contributed by atoms with E-state index in [2.05, 4.69) is 20.8 Å². The number of alkyl halides is 3. The standard InChI is InChI=1S/C19H17F3N4OS2/c1-11-6-5-9-14(12(11)2)24-17-25-26-18(29-17)28-10-16(27)23-15-8-4-3-7-13(15)19(20,21)22/h3-9H,10H2,1-2H3,(H,23,27)(H,24,25). The van der Waals surface area contributed by atoms with E-state index in [9.17, 15) is 18.0 Å². The van der Waals surface area contributed by atoms with Crippen LogP contribution in [0.3, 0.4) is 0 Å². The van der Waals surface area contributed by atoms with Crippen LogP contribution in [0, 0.1) is 13.8 Å². The van der Waals surface area contributed by atoms with Gasteiger partial charge in [0.05, 0.1) is 17.0 Å². The molecular formula is C19H17F3N4OS2. The number of rotatable bonds is 6. The molecule has 0 aliphatic rings. The number of halogens is 3. The fraction of sp³-hybridized carbons (Fsp3) is 0.211. The minimum atomic E-state index is -4.54. The Morgan fingerprint density at radius 3 is 2.55 bits per heavy atom. The van der Waals surface area contributed by atoms with Crippen molar-refractivity contribution in [2.45, 2.75) is 24.4 Å². The second-order valence-corrected chi connectivity index (χ2v) is 8.33. The number of carbonyl (C=O) groups is 1. The number of benzene rings is 2. The van der Waals surface area contributed by atoms with Gasteiger partial charge in [0.1, 0.15) is 0 Å². The van der Waals surface area contributed by atoms with Crippen molar-refractivity contribution in [3.63, 3.8) is 0 Å². The molecule has 3 rings (SSSR count). The quantitative estimate of drug-likeness (QED) is 0.487. The molecule has 2 aromatic carbocycles. The number of anilines is 3. The lowest BCUT2D eigenvalue weighted by atomic mass is 10.1. The maximum Gasteiger partial charge on any atom is 0.418 e. The summed E-state index contributed by atoms with van der Waals surface area (Å²) in [4.78, 5) is 12.1. The van der Waals surface area contributed by atoms with Gasteiger partial charge >= 0.3 is 6.18 Å². The molecule has 1 amide bonds. The number of para-hydroxylation sites is 1. The average molecular weight is 439 g/mol. The number of aryl methyl sites for hydroxylation is 1. The lowest BCUT2D eigenvalue weighted by Gasteiger charge is -2.13. The third kappa shape index (κ3) is 5.48. The average Bonchev–Trinajstić information content (AvgIpc) is 3.11. The molecule has 1 aromatic heterocycles. The van der Waals surface area contributed by atoms with Crippen molar-refractivity contribution in [3.8, 4) is 0 Å². The third-order valence-electron chi connectivity index (χ3n) is 4.09. The molecular weight excluding hydrogens is 421 g/mol. The van der Waals surface area contributed by atoms with Gasteiger partial charge in [-0.1, -0.05) is 47.4 Å². The van der Waals surface area contributed by atoms with E-state index in [0.29, 0.717) is 9.47 Å². The van der Waals surface area contributed by atoms with Crippen molar-refractivity contribution in [3.05, 3.63) is 59.2 Å². The van der Waals surface area contributed by atoms with Crippen LogP contribution in [0.4, 0.5) is 29.7 Å². The number of nitrogens with one attached hydrogen (secondary N) is 2. The predicted octanol–water partition coefficient (Wildman–Crippen LogP) is 5.65. The van der Waals surface area contributed by atoms with Crippen LogP contribution in [0.1, 0.15) is 16.7 Å². The predicted molar refractivity (Wildman–Crippen MR) is 110 cm³/mol. The fourth-order valence-electron chi connectivity index (χ4n) is 2.47. The van der Waals surface area contributed by atoms with Crippen molar-refractivity contribution in [1.82, 2.24) is 10.2 Å². The molecule has 0 saturated heterocycles. The monoisotopic (exact) mass is 438 g/mol. The van der Waals surface area contributed by atoms with Gasteiger partial charge in [-0.3, -0.25) is 4.79 Å². The first-order valence-electron chi connectivity index (χ1n) is 8.49. The van der Waals surface area contributed by atoms with Gasteiger partial charge < -0.3 is 10.6 Å². The Morgan fingerprint density at radius 2 is 1.79 bits per heavy atom. The molecule has 0 aliphatic heterocycles. The number of aromatic nitrogens is 2. The fourth-order valence-corrected chi connectivity index (χ4v) is 4.04. The summed E-state index contributed by atoms with van der Waals surface area (Å²) < 4.78 is 39.6. The lowest BCUT2D eigenvalue weighted by molar-refractivity contribution is -0.137. The smallest absolute Gasteiger partial charge is 0.330 e. The van der Waals surface area contributed by atoms with Crippen LogP contribution in [-0.2, 0) is 11.0 Å². The Hall–Kier alpha value is -2.59. The summed E-state index contributed by atoms with van der Waals surface area (Å²) in [6, 6.07) is 10.7. The third-order valence-corrected chi connectivity index (χ3v) is 6.06. The number of hydrogen-bond acceptors (Lipinski definition) is 6. The molecule has 0 unspecified atom stereocenters. The van der Waals surface area contributed by atoms with Crippen LogP contribution in [0.25, 0.3) is 0 Å². The van der Waals surface area contributed by atoms with E-state index in [1.807, 2.05) is 32.0 Å². The van der Waals surface area contributed by atoms with Gasteiger partial charge in [0, 0.05) is 5.69 Å². The van der Waals surface area contributed by atoms with E-state index >= 15 is 0 Å². The van der Waals surface area contributed by atoms with Crippen LogP contribution in [0.15, 0.2) is 46.8 Å². The van der Waals surface area contributed by atoms with Gasteiger partial charge in [0.15, 0.2) is 4.34 Å². The number of amides is 1. The summed E-state index contributed by atoms with van der Waals surface area (Å²) in [5, 5.41) is 14.1. The van der Waals surface area contributed by atoms with Crippen LogP contribution < -0.4 is 10.6 Å². The largest absolute Gasteiger partial charge is 0.418 e. The van der Waals surface area contributed by atoms with E-state index in [1.165, 1.54) is 29.5 Å². The van der Waals surface area contributed by atoms with Gasteiger partial charge in [-0.05, 0) is 43.2 Å². The summed E-state index contributed by atoms with van der Waals surface area (Å²) in [5.74, 6) is -0.629. The molecule has 29 heavy (non-hydrogen) atoms. The molecule has 0 fully saturated rings. The summed E-state index contributed by atoms with van der Waals surface area (Å²) in [7, 11) is 0. The van der Waals surface area contributed by atoms with E-state index in [4.69, 9.17) is 0 Å². The summed E-state index contributed by atoms with van der Waals surface area (Å²) in [6.45, 7) is 4.01. The summed E-state index contributed by atoms with van der Waals surface area (Å²) in [5.41, 5.74) is 2.01. The molecule has 0 spiro atoms. The highest BCUT2D eigenvalue weighted by Gasteiger charge is 2.33. The molecule has 0 saturated carbocycles. The van der Waals surface area contributed by atoms with E-state index in [0.717, 1.165) is 34.6 Å². The van der Waals surface area contributed by atoms with Crippen molar-refractivity contribution in [2.24, 2.45) is 0 Å². The Labute approximate surface area is 173 Å². The molecule has 5 nitrogen and oxygen atoms in total. The Kier molecular flexibility index (Phi) is 6.43. The second kappa shape index (κ2) is 8.83. The minimum absolute atomic E-state index is 0.0791. The number of carbonyl (C=O) groups excluding carboxylic acids is 1. The Bertz CT molecular complexity index is 1020. The first-order valence-corrected chi connectivity index (χ1v) is 10.3. The molecule has 0 bridgehead atoms. The maximum absolute atomic E-state index is 13.0. The van der Waals surface area contributed by atoms with E-state index in [-0.39, 0.29) is 11.4 Å². The van der Waals surface area contributed by atoms with Crippen LogP contribution in [0.2, 0.25) is 0 Å². The molecule has 3 aromatic rings. The Morgan fingerprint density at radius 1 is 1.07 bits per heavy atom. The maximum atomic E-state index is 13.0. The summed E-state index contributed by atoms with van der Waals surface area (Å²) in [6.07, 6.45) is -4.54. The number of thioether (sulfide) groups is 1. The Balaban J connectivity index is 1.59. The normalized spacial score (nSPS) is 11.3. The summed E-state index contributed by atoms with van der Waals surface area (Å²) >= 11 is 2.38. The zero-order chi connectivity index (χ0) is 21.0. The van der Waals surface area contributed by atoms with E-state index < -0.39 is 17.6 Å². The number of nitrogens with zero attached hydrogens (tertiary/aromatic N) is 2. The molecule has 10 heteroatoms. The van der Waals surface area contributed by atoms with Gasteiger partial charge in [0.25, 0.3) is 0 Å². The van der Waals surface area contributed by atoms with Crippen LogP contribution >= 0.6 is 23.1 Å². The van der Waals surface area contributed by atoms with Gasteiger partial charge in [-0.2, -0.15) is 13.2 Å². The highest BCUT2D eigenvalue weighted by Crippen LogP contribution is 2.35. The lowest BCUT2D eigenvalue weighted by Crippen LogP contribution is -2.18. The van der Waals surface area contributed by atoms with Crippen LogP contribution in [-0.4, -0.2) is 21.9 Å². The molecule has 1 heterocycles.